The Hall–Kier alpha value is -0.890. The molecule has 102 valence electrons. The summed E-state index contributed by atoms with van der Waals surface area (Å²) >= 11 is 0. The van der Waals surface area contributed by atoms with Gasteiger partial charge in [0.1, 0.15) is 5.82 Å². The second kappa shape index (κ2) is 7.52. The Kier molecular flexibility index (Phi) is 6.34. The van der Waals surface area contributed by atoms with Crippen molar-refractivity contribution in [3.05, 3.63) is 34.6 Å². The summed E-state index contributed by atoms with van der Waals surface area (Å²) in [6, 6.07) is 3.86. The van der Waals surface area contributed by atoms with Gasteiger partial charge in [0.25, 0.3) is 0 Å². The molecule has 0 heterocycles. The molecule has 0 aromatic heterocycles. The molecule has 1 aromatic carbocycles. The molecule has 0 atom stereocenters. The first-order valence-corrected chi connectivity index (χ1v) is 6.99. The molecule has 0 saturated heterocycles. The highest BCUT2D eigenvalue weighted by Crippen LogP contribution is 2.18. The predicted molar refractivity (Wildman–Crippen MR) is 76.6 cm³/mol. The van der Waals surface area contributed by atoms with Crippen LogP contribution < -0.4 is 5.32 Å². The third kappa shape index (κ3) is 5.18. The first-order valence-electron chi connectivity index (χ1n) is 6.99. The minimum atomic E-state index is -0.116. The predicted octanol–water partition coefficient (Wildman–Crippen LogP) is 4.15. The van der Waals surface area contributed by atoms with E-state index in [-0.39, 0.29) is 5.82 Å². The zero-order valence-corrected chi connectivity index (χ0v) is 12.1. The third-order valence-corrected chi connectivity index (χ3v) is 3.32. The molecule has 0 fully saturated rings. The van der Waals surface area contributed by atoms with E-state index >= 15 is 0 Å². The normalized spacial score (nSPS) is 11.2. The first kappa shape index (κ1) is 15.2. The Morgan fingerprint density at radius 1 is 1.06 bits per heavy atom. The largest absolute Gasteiger partial charge is 0.315 e. The van der Waals surface area contributed by atoms with E-state index in [0.717, 1.165) is 24.1 Å². The summed E-state index contributed by atoms with van der Waals surface area (Å²) in [6.45, 7) is 9.45. The van der Waals surface area contributed by atoms with Crippen LogP contribution in [0.1, 0.15) is 49.8 Å². The fourth-order valence-corrected chi connectivity index (χ4v) is 2.33. The maximum atomic E-state index is 13.2. The zero-order valence-electron chi connectivity index (χ0n) is 12.1. The summed E-state index contributed by atoms with van der Waals surface area (Å²) in [5.74, 6) is -0.116. The monoisotopic (exact) mass is 251 g/mol. The molecule has 0 aliphatic carbocycles. The van der Waals surface area contributed by atoms with Crippen LogP contribution in [0.25, 0.3) is 0 Å². The van der Waals surface area contributed by atoms with Crippen LogP contribution in [0.4, 0.5) is 4.39 Å². The van der Waals surface area contributed by atoms with E-state index in [2.05, 4.69) is 19.2 Å². The lowest BCUT2D eigenvalue weighted by atomic mass is 9.97. The summed E-state index contributed by atoms with van der Waals surface area (Å²) in [5, 5.41) is 3.42. The van der Waals surface area contributed by atoms with Crippen molar-refractivity contribution in [3.63, 3.8) is 0 Å². The third-order valence-electron chi connectivity index (χ3n) is 3.32. The highest BCUT2D eigenvalue weighted by molar-refractivity contribution is 5.34. The van der Waals surface area contributed by atoms with Crippen LogP contribution in [0.15, 0.2) is 12.1 Å². The summed E-state index contributed by atoms with van der Waals surface area (Å²) in [6.07, 6.45) is 4.71. The molecular formula is C16H26FN. The molecule has 0 saturated carbocycles. The van der Waals surface area contributed by atoms with Gasteiger partial charge in [-0.1, -0.05) is 20.3 Å². The molecule has 1 aromatic rings. The minimum absolute atomic E-state index is 0.116. The molecule has 1 rings (SSSR count). The summed E-state index contributed by atoms with van der Waals surface area (Å²) < 4.78 is 13.2. The van der Waals surface area contributed by atoms with Crippen LogP contribution in [0.5, 0.6) is 0 Å². The molecule has 0 spiro atoms. The highest BCUT2D eigenvalue weighted by atomic mass is 19.1. The van der Waals surface area contributed by atoms with E-state index in [4.69, 9.17) is 0 Å². The Balaban J connectivity index is 2.31. The summed E-state index contributed by atoms with van der Waals surface area (Å²) in [4.78, 5) is 0. The minimum Gasteiger partial charge on any atom is -0.315 e. The van der Waals surface area contributed by atoms with Gasteiger partial charge in [-0.05, 0) is 68.5 Å². The fourth-order valence-electron chi connectivity index (χ4n) is 2.33. The second-order valence-electron chi connectivity index (χ2n) is 5.44. The van der Waals surface area contributed by atoms with Gasteiger partial charge in [0.15, 0.2) is 0 Å². The van der Waals surface area contributed by atoms with Crippen LogP contribution >= 0.6 is 0 Å². The van der Waals surface area contributed by atoms with Gasteiger partial charge < -0.3 is 5.32 Å². The SMILES string of the molecule is Cc1cc(F)cc(C)c1CCCCCNC(C)C. The Morgan fingerprint density at radius 3 is 2.22 bits per heavy atom. The van der Waals surface area contributed by atoms with Crippen molar-refractivity contribution < 1.29 is 4.39 Å². The van der Waals surface area contributed by atoms with Crippen molar-refractivity contribution in [3.8, 4) is 0 Å². The molecule has 1 N–H and O–H groups in total. The molecule has 0 unspecified atom stereocenters. The Labute approximate surface area is 111 Å². The van der Waals surface area contributed by atoms with Gasteiger partial charge >= 0.3 is 0 Å². The van der Waals surface area contributed by atoms with Gasteiger partial charge in [-0.25, -0.2) is 4.39 Å². The number of hydrogen-bond donors (Lipinski definition) is 1. The van der Waals surface area contributed by atoms with Crippen LogP contribution in [0.2, 0.25) is 0 Å². The maximum Gasteiger partial charge on any atom is 0.123 e. The number of nitrogens with one attached hydrogen (secondary N) is 1. The van der Waals surface area contributed by atoms with Crippen LogP contribution in [-0.2, 0) is 6.42 Å². The van der Waals surface area contributed by atoms with Gasteiger partial charge in [-0.2, -0.15) is 0 Å². The number of benzene rings is 1. The van der Waals surface area contributed by atoms with Crippen molar-refractivity contribution in [1.29, 1.82) is 0 Å². The average Bonchev–Trinajstić information content (AvgIpc) is 2.25. The highest BCUT2D eigenvalue weighted by Gasteiger charge is 2.04. The molecule has 0 radical (unpaired) electrons. The quantitative estimate of drug-likeness (QED) is 0.718. The Morgan fingerprint density at radius 2 is 1.67 bits per heavy atom. The van der Waals surface area contributed by atoms with E-state index in [1.807, 2.05) is 13.8 Å². The van der Waals surface area contributed by atoms with Gasteiger partial charge in [0.05, 0.1) is 0 Å². The van der Waals surface area contributed by atoms with E-state index in [1.165, 1.54) is 24.8 Å². The van der Waals surface area contributed by atoms with Crippen LogP contribution in [0.3, 0.4) is 0 Å². The number of aryl methyl sites for hydroxylation is 2. The van der Waals surface area contributed by atoms with Crippen molar-refractivity contribution in [2.24, 2.45) is 0 Å². The molecule has 2 heteroatoms. The van der Waals surface area contributed by atoms with Crippen LogP contribution in [-0.4, -0.2) is 12.6 Å². The van der Waals surface area contributed by atoms with E-state index in [1.54, 1.807) is 12.1 Å². The van der Waals surface area contributed by atoms with Crippen molar-refractivity contribution >= 4 is 0 Å². The van der Waals surface area contributed by atoms with Crippen molar-refractivity contribution in [2.45, 2.75) is 59.4 Å². The molecule has 0 bridgehead atoms. The maximum absolute atomic E-state index is 13.2. The standard InChI is InChI=1S/C16H26FN/c1-12(2)18-9-7-5-6-8-16-13(3)10-15(17)11-14(16)4/h10-12,18H,5-9H2,1-4H3. The second-order valence-corrected chi connectivity index (χ2v) is 5.44. The van der Waals surface area contributed by atoms with Crippen molar-refractivity contribution in [2.75, 3.05) is 6.54 Å². The smallest absolute Gasteiger partial charge is 0.123 e. The topological polar surface area (TPSA) is 12.0 Å². The van der Waals surface area contributed by atoms with E-state index < -0.39 is 0 Å². The lowest BCUT2D eigenvalue weighted by Crippen LogP contribution is -2.23. The van der Waals surface area contributed by atoms with Gasteiger partial charge in [0.2, 0.25) is 0 Å². The molecule has 0 amide bonds. The number of rotatable bonds is 7. The first-order chi connectivity index (χ1) is 8.50. The molecule has 1 nitrogen and oxygen atoms in total. The van der Waals surface area contributed by atoms with Gasteiger partial charge in [-0.3, -0.25) is 0 Å². The fraction of sp³-hybridized carbons (Fsp3) is 0.625. The lowest BCUT2D eigenvalue weighted by Gasteiger charge is -2.11. The molecule has 0 aliphatic heterocycles. The molecule has 18 heavy (non-hydrogen) atoms. The van der Waals surface area contributed by atoms with Crippen LogP contribution in [0, 0.1) is 19.7 Å². The molecule has 0 aliphatic rings. The van der Waals surface area contributed by atoms with E-state index in [9.17, 15) is 4.39 Å². The summed E-state index contributed by atoms with van der Waals surface area (Å²) in [7, 11) is 0. The number of hydrogen-bond acceptors (Lipinski definition) is 1. The van der Waals surface area contributed by atoms with Gasteiger partial charge in [-0.15, -0.1) is 0 Å². The van der Waals surface area contributed by atoms with E-state index in [0.29, 0.717) is 6.04 Å². The summed E-state index contributed by atoms with van der Waals surface area (Å²) in [5.41, 5.74) is 3.51. The zero-order chi connectivity index (χ0) is 13.5. The number of halogens is 1. The van der Waals surface area contributed by atoms with Crippen molar-refractivity contribution in [1.82, 2.24) is 5.32 Å². The average molecular weight is 251 g/mol. The van der Waals surface area contributed by atoms with Gasteiger partial charge in [0, 0.05) is 6.04 Å². The Bertz CT molecular complexity index is 348. The lowest BCUT2D eigenvalue weighted by molar-refractivity contribution is 0.548. The molecular weight excluding hydrogens is 225 g/mol. The number of unbranched alkanes of at least 4 members (excludes halogenated alkanes) is 2.